The maximum atomic E-state index is 13.7. The lowest BCUT2D eigenvalue weighted by Crippen LogP contribution is -2.45. The van der Waals surface area contributed by atoms with Gasteiger partial charge in [-0.3, -0.25) is 0 Å². The molecule has 5 nitrogen and oxygen atoms in total. The molecule has 1 aromatic heterocycles. The number of aryl methyl sites for hydroxylation is 1. The number of carbonyl (C=O) groups is 1. The molecule has 0 fully saturated rings. The van der Waals surface area contributed by atoms with E-state index in [0.717, 1.165) is 21.9 Å². The lowest BCUT2D eigenvalue weighted by Gasteiger charge is -2.43. The molecule has 0 spiro atoms. The van der Waals surface area contributed by atoms with Crippen LogP contribution in [0.3, 0.4) is 0 Å². The predicted octanol–water partition coefficient (Wildman–Crippen LogP) is 3.41. The standard InChI is InChI=1S/C16H14F3N3O2/c17-16(18,19)14-10-6-5-8-3-1-2-4-9(8)13(10)20-12-7-11(15(23)24)21-22(12)14/h1-4,7,10,13-14,20H,5-6H2,(H,23,24). The molecule has 3 atom stereocenters. The highest BCUT2D eigenvalue weighted by Gasteiger charge is 2.53. The second kappa shape index (κ2) is 4.99. The van der Waals surface area contributed by atoms with Crippen molar-refractivity contribution in [2.45, 2.75) is 31.1 Å². The predicted molar refractivity (Wildman–Crippen MR) is 78.9 cm³/mol. The van der Waals surface area contributed by atoms with Crippen LogP contribution >= 0.6 is 0 Å². The number of benzene rings is 1. The zero-order valence-corrected chi connectivity index (χ0v) is 12.4. The average molecular weight is 337 g/mol. The molecule has 2 heterocycles. The first kappa shape index (κ1) is 15.0. The molecule has 2 aliphatic rings. The van der Waals surface area contributed by atoms with Crippen molar-refractivity contribution in [3.8, 4) is 0 Å². The number of alkyl halides is 3. The molecule has 0 bridgehead atoms. The molecule has 0 amide bonds. The minimum Gasteiger partial charge on any atom is -0.476 e. The first-order valence-corrected chi connectivity index (χ1v) is 7.60. The van der Waals surface area contributed by atoms with Crippen molar-refractivity contribution >= 4 is 11.8 Å². The van der Waals surface area contributed by atoms with E-state index in [1.807, 2.05) is 18.2 Å². The van der Waals surface area contributed by atoms with Crippen LogP contribution in [-0.2, 0) is 6.42 Å². The number of hydrogen-bond donors (Lipinski definition) is 2. The zero-order chi connectivity index (χ0) is 17.1. The molecule has 0 radical (unpaired) electrons. The van der Waals surface area contributed by atoms with E-state index in [-0.39, 0.29) is 5.82 Å². The Bertz CT molecular complexity index is 815. The topological polar surface area (TPSA) is 67.1 Å². The number of fused-ring (bicyclic) bond motifs is 4. The number of nitrogens with one attached hydrogen (secondary N) is 1. The normalized spacial score (nSPS) is 25.2. The van der Waals surface area contributed by atoms with E-state index in [4.69, 9.17) is 5.11 Å². The fraction of sp³-hybridized carbons (Fsp3) is 0.375. The first-order chi connectivity index (χ1) is 11.4. The molecular formula is C16H14F3N3O2. The largest absolute Gasteiger partial charge is 0.476 e. The van der Waals surface area contributed by atoms with Crippen LogP contribution in [0.2, 0.25) is 0 Å². The molecule has 1 aliphatic heterocycles. The van der Waals surface area contributed by atoms with Crippen LogP contribution < -0.4 is 5.32 Å². The third kappa shape index (κ3) is 2.16. The molecule has 1 aromatic carbocycles. The Morgan fingerprint density at radius 2 is 2.08 bits per heavy atom. The number of rotatable bonds is 1. The van der Waals surface area contributed by atoms with Gasteiger partial charge in [0.2, 0.25) is 0 Å². The van der Waals surface area contributed by atoms with Gasteiger partial charge in [0, 0.05) is 12.0 Å². The van der Waals surface area contributed by atoms with E-state index in [1.54, 1.807) is 6.07 Å². The molecular weight excluding hydrogens is 323 g/mol. The first-order valence-electron chi connectivity index (χ1n) is 7.60. The summed E-state index contributed by atoms with van der Waals surface area (Å²) < 4.78 is 42.0. The van der Waals surface area contributed by atoms with Crippen molar-refractivity contribution in [1.29, 1.82) is 0 Å². The summed E-state index contributed by atoms with van der Waals surface area (Å²) in [4.78, 5) is 11.1. The number of halogens is 3. The van der Waals surface area contributed by atoms with Gasteiger partial charge in [-0.1, -0.05) is 24.3 Å². The second-order valence-electron chi connectivity index (χ2n) is 6.17. The summed E-state index contributed by atoms with van der Waals surface area (Å²) in [6, 6.07) is 6.25. The number of aromatic carboxylic acids is 1. The third-order valence-corrected chi connectivity index (χ3v) is 4.83. The maximum absolute atomic E-state index is 13.7. The molecule has 4 rings (SSSR count). The Balaban J connectivity index is 1.87. The average Bonchev–Trinajstić information content (AvgIpc) is 2.95. The molecule has 1 aliphatic carbocycles. The summed E-state index contributed by atoms with van der Waals surface area (Å²) in [6.45, 7) is 0. The van der Waals surface area contributed by atoms with E-state index < -0.39 is 35.8 Å². The van der Waals surface area contributed by atoms with Crippen molar-refractivity contribution in [3.05, 3.63) is 47.2 Å². The molecule has 2 aromatic rings. The van der Waals surface area contributed by atoms with Gasteiger partial charge in [-0.2, -0.15) is 18.3 Å². The van der Waals surface area contributed by atoms with Crippen LogP contribution in [0, 0.1) is 5.92 Å². The Morgan fingerprint density at radius 1 is 1.33 bits per heavy atom. The van der Waals surface area contributed by atoms with Gasteiger partial charge in [-0.25, -0.2) is 9.48 Å². The molecule has 3 unspecified atom stereocenters. The lowest BCUT2D eigenvalue weighted by atomic mass is 9.75. The second-order valence-corrected chi connectivity index (χ2v) is 6.17. The molecule has 126 valence electrons. The Labute approximate surface area is 135 Å². The van der Waals surface area contributed by atoms with E-state index in [1.165, 1.54) is 0 Å². The minimum atomic E-state index is -4.51. The summed E-state index contributed by atoms with van der Waals surface area (Å²) in [5, 5.41) is 15.8. The van der Waals surface area contributed by atoms with Crippen LogP contribution in [0.15, 0.2) is 30.3 Å². The van der Waals surface area contributed by atoms with E-state index in [2.05, 4.69) is 10.4 Å². The van der Waals surface area contributed by atoms with Gasteiger partial charge in [0.1, 0.15) is 5.82 Å². The smallest absolute Gasteiger partial charge is 0.411 e. The van der Waals surface area contributed by atoms with Gasteiger partial charge in [0.15, 0.2) is 11.7 Å². The van der Waals surface area contributed by atoms with E-state index >= 15 is 0 Å². The molecule has 0 saturated heterocycles. The van der Waals surface area contributed by atoms with Gasteiger partial charge in [0.05, 0.1) is 6.04 Å². The van der Waals surface area contributed by atoms with Gasteiger partial charge < -0.3 is 10.4 Å². The Hall–Kier alpha value is -2.51. The summed E-state index contributed by atoms with van der Waals surface area (Å²) in [5.74, 6) is -1.98. The zero-order valence-electron chi connectivity index (χ0n) is 12.4. The van der Waals surface area contributed by atoms with Crippen LogP contribution in [0.25, 0.3) is 0 Å². The number of hydrogen-bond acceptors (Lipinski definition) is 3. The van der Waals surface area contributed by atoms with E-state index in [0.29, 0.717) is 12.8 Å². The molecule has 2 N–H and O–H groups in total. The minimum absolute atomic E-state index is 0.0904. The molecule has 0 saturated carbocycles. The summed E-state index contributed by atoms with van der Waals surface area (Å²) in [5.41, 5.74) is 1.48. The highest BCUT2D eigenvalue weighted by Crippen LogP contribution is 2.51. The van der Waals surface area contributed by atoms with Gasteiger partial charge in [-0.15, -0.1) is 0 Å². The highest BCUT2D eigenvalue weighted by molar-refractivity contribution is 5.86. The van der Waals surface area contributed by atoms with Crippen LogP contribution in [0.5, 0.6) is 0 Å². The number of nitrogens with zero attached hydrogens (tertiary/aromatic N) is 2. The van der Waals surface area contributed by atoms with Crippen LogP contribution in [0.1, 0.15) is 40.1 Å². The molecule has 24 heavy (non-hydrogen) atoms. The summed E-state index contributed by atoms with van der Waals surface area (Å²) >= 11 is 0. The number of carboxylic acid groups (broad SMARTS) is 1. The maximum Gasteiger partial charge on any atom is 0.411 e. The van der Waals surface area contributed by atoms with Crippen molar-refractivity contribution in [3.63, 3.8) is 0 Å². The summed E-state index contributed by atoms with van der Waals surface area (Å²) in [7, 11) is 0. The number of anilines is 1. The Morgan fingerprint density at radius 3 is 2.79 bits per heavy atom. The van der Waals surface area contributed by atoms with E-state index in [9.17, 15) is 18.0 Å². The molecule has 8 heteroatoms. The summed E-state index contributed by atoms with van der Waals surface area (Å²) in [6.07, 6.45) is -3.58. The Kier molecular flexibility index (Phi) is 3.13. The quantitative estimate of drug-likeness (QED) is 0.837. The third-order valence-electron chi connectivity index (χ3n) is 4.83. The number of carboxylic acids is 1. The highest BCUT2D eigenvalue weighted by atomic mass is 19.4. The van der Waals surface area contributed by atoms with Crippen molar-refractivity contribution < 1.29 is 23.1 Å². The lowest BCUT2D eigenvalue weighted by molar-refractivity contribution is -0.188. The number of aromatic nitrogens is 2. The van der Waals surface area contributed by atoms with Gasteiger partial charge in [0.25, 0.3) is 0 Å². The van der Waals surface area contributed by atoms with Crippen molar-refractivity contribution in [1.82, 2.24) is 9.78 Å². The van der Waals surface area contributed by atoms with Crippen LogP contribution in [0.4, 0.5) is 19.0 Å². The monoisotopic (exact) mass is 337 g/mol. The fourth-order valence-electron chi connectivity index (χ4n) is 3.85. The fourth-order valence-corrected chi connectivity index (χ4v) is 3.85. The van der Waals surface area contributed by atoms with Crippen molar-refractivity contribution in [2.24, 2.45) is 5.92 Å². The van der Waals surface area contributed by atoms with Gasteiger partial charge >= 0.3 is 12.1 Å². The SMILES string of the molecule is O=C(O)c1cc2n(n1)C(C(F)(F)F)C1CCc3ccccc3C1N2. The van der Waals surface area contributed by atoms with Crippen molar-refractivity contribution in [2.75, 3.05) is 5.32 Å². The van der Waals surface area contributed by atoms with Crippen LogP contribution in [-0.4, -0.2) is 27.0 Å². The van der Waals surface area contributed by atoms with Gasteiger partial charge in [-0.05, 0) is 24.0 Å².